The van der Waals surface area contributed by atoms with Gasteiger partial charge in [-0.2, -0.15) is 8.42 Å². The van der Waals surface area contributed by atoms with Gasteiger partial charge in [-0.25, -0.2) is 4.79 Å². The van der Waals surface area contributed by atoms with Gasteiger partial charge in [0, 0.05) is 30.3 Å². The molecule has 11 nitrogen and oxygen atoms in total. The first kappa shape index (κ1) is 24.5. The van der Waals surface area contributed by atoms with Gasteiger partial charge in [-0.15, -0.1) is 4.68 Å². The predicted octanol–water partition coefficient (Wildman–Crippen LogP) is -0.264. The summed E-state index contributed by atoms with van der Waals surface area (Å²) in [4.78, 5) is 24.8. The summed E-state index contributed by atoms with van der Waals surface area (Å²) in [5.41, 5.74) is 0.447. The minimum atomic E-state index is -4.35. The van der Waals surface area contributed by atoms with Crippen molar-refractivity contribution in [3.63, 3.8) is 0 Å². The Balaban J connectivity index is 1.91. The van der Waals surface area contributed by atoms with E-state index in [0.29, 0.717) is 23.8 Å². The van der Waals surface area contributed by atoms with Gasteiger partial charge in [0.1, 0.15) is 6.04 Å². The lowest BCUT2D eigenvalue weighted by molar-refractivity contribution is -0.733. The maximum Gasteiger partial charge on any atom is 0.326 e. The lowest BCUT2D eigenvalue weighted by atomic mass is 10.2. The summed E-state index contributed by atoms with van der Waals surface area (Å²) < 4.78 is 34.8. The molecule has 0 aliphatic heterocycles. The van der Waals surface area contributed by atoms with Crippen LogP contribution in [-0.4, -0.2) is 58.9 Å². The highest BCUT2D eigenvalue weighted by Crippen LogP contribution is 2.20. The van der Waals surface area contributed by atoms with E-state index in [2.05, 4.69) is 10.4 Å². The number of anilines is 1. The highest BCUT2D eigenvalue weighted by Gasteiger charge is 2.21. The van der Waals surface area contributed by atoms with Crippen molar-refractivity contribution < 1.29 is 32.2 Å². The molecule has 13 heteroatoms. The summed E-state index contributed by atoms with van der Waals surface area (Å²) in [6, 6.07) is 4.27. The number of carboxylic acid groups (broad SMARTS) is 1. The van der Waals surface area contributed by atoms with Crippen molar-refractivity contribution in [2.75, 3.05) is 18.0 Å². The lowest BCUT2D eigenvalue weighted by Crippen LogP contribution is -2.43. The molecule has 0 bridgehead atoms. The van der Waals surface area contributed by atoms with Crippen molar-refractivity contribution in [1.82, 2.24) is 15.1 Å². The fourth-order valence-electron chi connectivity index (χ4n) is 2.93. The Bertz CT molecular complexity index is 1020. The molecule has 0 fully saturated rings. The van der Waals surface area contributed by atoms with Crippen molar-refractivity contribution in [2.45, 2.75) is 42.4 Å². The zero-order valence-electron chi connectivity index (χ0n) is 17.1. The van der Waals surface area contributed by atoms with Gasteiger partial charge < -0.3 is 28.0 Å². The Morgan fingerprint density at radius 2 is 1.97 bits per heavy atom. The maximum atomic E-state index is 12.1. The van der Waals surface area contributed by atoms with Crippen LogP contribution in [0.2, 0.25) is 0 Å². The molecule has 1 aromatic heterocycles. The van der Waals surface area contributed by atoms with Crippen molar-refractivity contribution >= 4 is 40.3 Å². The molecule has 1 unspecified atom stereocenters. The predicted molar refractivity (Wildman–Crippen MR) is 112 cm³/mol. The average Bonchev–Trinajstić information content (AvgIpc) is 3.01. The molecule has 1 amide bonds. The molecule has 31 heavy (non-hydrogen) atoms. The largest absolute Gasteiger partial charge is 0.703 e. The second kappa shape index (κ2) is 10.5. The number of hydrogen-bond donors (Lipinski definition) is 3. The van der Waals surface area contributed by atoms with Gasteiger partial charge in [0.2, 0.25) is 12.2 Å². The number of amides is 1. The number of aromatic nitrogens is 3. The number of aryl methyl sites for hydroxylation is 2. The number of carbonyl (C=O) groups is 2. The van der Waals surface area contributed by atoms with Crippen molar-refractivity contribution in [3.8, 4) is 0 Å². The third-order valence-corrected chi connectivity index (χ3v) is 5.75. The van der Waals surface area contributed by atoms with Gasteiger partial charge in [-0.05, 0) is 37.6 Å². The zero-order chi connectivity index (χ0) is 23.2. The monoisotopic (exact) mass is 471 g/mol. The smallest absolute Gasteiger partial charge is 0.326 e. The van der Waals surface area contributed by atoms with Gasteiger partial charge in [0.15, 0.2) is 5.16 Å². The molecule has 0 saturated carbocycles. The number of carbonyl (C=O) groups excluding carboxylic acids is 1. The van der Waals surface area contributed by atoms with E-state index in [0.717, 1.165) is 0 Å². The summed E-state index contributed by atoms with van der Waals surface area (Å²) in [6.07, 6.45) is 2.59. The first-order chi connectivity index (χ1) is 14.5. The van der Waals surface area contributed by atoms with Gasteiger partial charge in [-0.3, -0.25) is 13.9 Å². The van der Waals surface area contributed by atoms with Crippen LogP contribution < -0.4 is 14.8 Å². The van der Waals surface area contributed by atoms with Crippen LogP contribution in [0.5, 0.6) is 0 Å². The zero-order valence-corrected chi connectivity index (χ0v) is 18.8. The highest BCUT2D eigenvalue weighted by atomic mass is 32.2. The summed E-state index contributed by atoms with van der Waals surface area (Å²) >= 11 is 5.10. The number of nitrogens with zero attached hydrogens (tertiary/aromatic N) is 4. The van der Waals surface area contributed by atoms with E-state index in [4.69, 9.17) is 17.2 Å². The molecule has 170 valence electrons. The van der Waals surface area contributed by atoms with Crippen molar-refractivity contribution in [3.05, 3.63) is 30.6 Å². The molecule has 1 heterocycles. The molecular formula is C18H25N5O6S2. The van der Waals surface area contributed by atoms with E-state index in [1.807, 2.05) is 0 Å². The van der Waals surface area contributed by atoms with Crippen LogP contribution in [0, 0.1) is 0 Å². The van der Waals surface area contributed by atoms with Crippen LogP contribution in [0.15, 0.2) is 40.6 Å². The van der Waals surface area contributed by atoms with Gasteiger partial charge in [0.25, 0.3) is 10.1 Å². The van der Waals surface area contributed by atoms with Crippen LogP contribution in [0.1, 0.15) is 19.8 Å². The summed E-state index contributed by atoms with van der Waals surface area (Å²) in [7, 11) is -2.58. The quantitative estimate of drug-likeness (QED) is 0.229. The average molecular weight is 472 g/mol. The molecule has 0 aliphatic carbocycles. The van der Waals surface area contributed by atoms with Gasteiger partial charge >= 0.3 is 5.97 Å². The van der Waals surface area contributed by atoms with E-state index < -0.39 is 22.1 Å². The normalized spacial score (nSPS) is 12.4. The molecule has 0 radical (unpaired) electrons. The number of rotatable bonds is 11. The number of hydrogen-bond acceptors (Lipinski definition) is 7. The standard InChI is InChI=1S/C18H25N5O6S2/c1-13(17(25)26)23(14-5-7-15(8-6-14)31(27,28)29)11-9-19-16(24)4-3-10-22-12-21(2)20-18(22)30/h5-8,12-13H,3-4,9-11H2,1-2H3,(H3-,19,20,24,25,26,27,28,29,30). The third-order valence-electron chi connectivity index (χ3n) is 4.56. The van der Waals surface area contributed by atoms with E-state index in [-0.39, 0.29) is 30.3 Å². The SMILES string of the molecule is CC(C(=O)O)N(CCNC(=O)CCC[n+]1cn(C)nc1[S-])c1ccc(S(=O)(=O)O)cc1. The topological polar surface area (TPSA) is 146 Å². The second-order valence-corrected chi connectivity index (χ2v) is 8.68. The molecular weight excluding hydrogens is 446 g/mol. The minimum Gasteiger partial charge on any atom is -0.703 e. The molecule has 2 aromatic rings. The maximum absolute atomic E-state index is 12.1. The number of carboxylic acids is 1. The molecule has 0 saturated heterocycles. The Kier molecular flexibility index (Phi) is 8.30. The number of benzene rings is 1. The van der Waals surface area contributed by atoms with Crippen LogP contribution in [0.4, 0.5) is 5.69 Å². The van der Waals surface area contributed by atoms with Crippen molar-refractivity contribution in [1.29, 1.82) is 0 Å². The van der Waals surface area contributed by atoms with Crippen LogP contribution in [0.3, 0.4) is 0 Å². The molecule has 2 rings (SSSR count). The third kappa shape index (κ3) is 7.15. The van der Waals surface area contributed by atoms with Gasteiger partial charge in [-0.1, -0.05) is 0 Å². The summed E-state index contributed by atoms with van der Waals surface area (Å²) in [5.74, 6) is -1.25. The molecule has 1 aromatic carbocycles. The lowest BCUT2D eigenvalue weighted by Gasteiger charge is -2.29. The van der Waals surface area contributed by atoms with Crippen molar-refractivity contribution in [2.24, 2.45) is 7.05 Å². The Morgan fingerprint density at radius 1 is 1.32 bits per heavy atom. The van der Waals surface area contributed by atoms with E-state index in [1.54, 1.807) is 22.6 Å². The van der Waals surface area contributed by atoms with Crippen LogP contribution in [-0.2, 0) is 45.9 Å². The fourth-order valence-corrected chi connectivity index (χ4v) is 3.67. The summed E-state index contributed by atoms with van der Waals surface area (Å²) in [5, 5.41) is 16.6. The van der Waals surface area contributed by atoms with Crippen LogP contribution in [0.25, 0.3) is 0 Å². The first-order valence-electron chi connectivity index (χ1n) is 9.43. The van der Waals surface area contributed by atoms with E-state index >= 15 is 0 Å². The Morgan fingerprint density at radius 3 is 2.48 bits per heavy atom. The number of aliphatic carboxylic acids is 1. The first-order valence-corrected chi connectivity index (χ1v) is 11.3. The Hall–Kier alpha value is -2.77. The van der Waals surface area contributed by atoms with E-state index in [1.165, 1.54) is 36.1 Å². The van der Waals surface area contributed by atoms with Crippen LogP contribution >= 0.6 is 0 Å². The second-order valence-electron chi connectivity index (χ2n) is 6.90. The number of nitrogens with one attached hydrogen (secondary N) is 1. The molecule has 1 atom stereocenters. The molecule has 0 aliphatic rings. The fraction of sp³-hybridized carbons (Fsp3) is 0.444. The van der Waals surface area contributed by atoms with E-state index in [9.17, 15) is 23.1 Å². The minimum absolute atomic E-state index is 0.181. The molecule has 0 spiro atoms. The van der Waals surface area contributed by atoms with Gasteiger partial charge in [0.05, 0.1) is 18.5 Å². The Labute approximate surface area is 185 Å². The highest BCUT2D eigenvalue weighted by molar-refractivity contribution is 7.85. The molecule has 3 N–H and O–H groups in total. The summed E-state index contributed by atoms with van der Waals surface area (Å²) in [6.45, 7) is 2.43.